The maximum Gasteiger partial charge on any atom is 0.130 e. The van der Waals surface area contributed by atoms with Gasteiger partial charge in [-0.3, -0.25) is 4.68 Å². The molecule has 2 aromatic carbocycles. The van der Waals surface area contributed by atoms with Crippen LogP contribution in [-0.4, -0.2) is 9.78 Å². The maximum absolute atomic E-state index is 13.5. The molecule has 0 unspecified atom stereocenters. The van der Waals surface area contributed by atoms with Gasteiger partial charge in [-0.15, -0.1) is 0 Å². The predicted molar refractivity (Wildman–Crippen MR) is 77.6 cm³/mol. The Labute approximate surface area is 121 Å². The first kappa shape index (κ1) is 13.7. The van der Waals surface area contributed by atoms with Gasteiger partial charge in [0.2, 0.25) is 0 Å². The lowest BCUT2D eigenvalue weighted by atomic mass is 10.2. The van der Waals surface area contributed by atoms with Crippen molar-refractivity contribution in [1.82, 2.24) is 15.1 Å². The SMILES string of the molecule is Cn1nc(CNCc2ccc(F)cc2F)c2ccccc21. The summed E-state index contributed by atoms with van der Waals surface area (Å²) in [6, 6.07) is 11.6. The van der Waals surface area contributed by atoms with E-state index >= 15 is 0 Å². The van der Waals surface area contributed by atoms with Gasteiger partial charge >= 0.3 is 0 Å². The van der Waals surface area contributed by atoms with E-state index in [9.17, 15) is 8.78 Å². The summed E-state index contributed by atoms with van der Waals surface area (Å²) in [6.45, 7) is 0.856. The fourth-order valence-electron chi connectivity index (χ4n) is 2.40. The van der Waals surface area contributed by atoms with Crippen LogP contribution in [0.5, 0.6) is 0 Å². The van der Waals surface area contributed by atoms with Crippen molar-refractivity contribution in [3.8, 4) is 0 Å². The summed E-state index contributed by atoms with van der Waals surface area (Å²) in [7, 11) is 1.89. The molecule has 0 aliphatic heterocycles. The first-order valence-electron chi connectivity index (χ1n) is 6.70. The Morgan fingerprint density at radius 3 is 2.71 bits per heavy atom. The standard InChI is InChI=1S/C16H15F2N3/c1-21-16-5-3-2-4-13(16)15(20-21)10-19-9-11-6-7-12(17)8-14(11)18/h2-8,19H,9-10H2,1H3. The molecule has 0 fully saturated rings. The van der Waals surface area contributed by atoms with Crippen molar-refractivity contribution in [2.75, 3.05) is 0 Å². The number of hydrogen-bond acceptors (Lipinski definition) is 2. The molecule has 0 saturated heterocycles. The van der Waals surface area contributed by atoms with Crippen LogP contribution in [0.1, 0.15) is 11.3 Å². The minimum absolute atomic E-state index is 0.330. The number of aromatic nitrogens is 2. The van der Waals surface area contributed by atoms with Crippen LogP contribution in [0.2, 0.25) is 0 Å². The zero-order valence-corrected chi connectivity index (χ0v) is 11.6. The summed E-state index contributed by atoms with van der Waals surface area (Å²) in [5.74, 6) is -1.10. The molecule has 1 aromatic heterocycles. The number of nitrogens with zero attached hydrogens (tertiary/aromatic N) is 2. The van der Waals surface area contributed by atoms with Crippen molar-refractivity contribution in [2.24, 2.45) is 7.05 Å². The highest BCUT2D eigenvalue weighted by atomic mass is 19.1. The summed E-state index contributed by atoms with van der Waals surface area (Å²) in [4.78, 5) is 0. The molecule has 1 heterocycles. The summed E-state index contributed by atoms with van der Waals surface area (Å²) < 4.78 is 28.2. The third-order valence-corrected chi connectivity index (χ3v) is 3.46. The lowest BCUT2D eigenvalue weighted by Gasteiger charge is -2.05. The van der Waals surface area contributed by atoms with Crippen LogP contribution >= 0.6 is 0 Å². The van der Waals surface area contributed by atoms with Gasteiger partial charge < -0.3 is 5.32 Å². The number of aryl methyl sites for hydroxylation is 1. The Kier molecular flexibility index (Phi) is 3.66. The van der Waals surface area contributed by atoms with Gasteiger partial charge in [-0.25, -0.2) is 8.78 Å². The molecular formula is C16H15F2N3. The second kappa shape index (κ2) is 5.61. The minimum atomic E-state index is -0.563. The molecule has 21 heavy (non-hydrogen) atoms. The Morgan fingerprint density at radius 2 is 1.90 bits per heavy atom. The third-order valence-electron chi connectivity index (χ3n) is 3.46. The lowest BCUT2D eigenvalue weighted by Crippen LogP contribution is -2.14. The summed E-state index contributed by atoms with van der Waals surface area (Å²) in [6.07, 6.45) is 0. The number of nitrogens with one attached hydrogen (secondary N) is 1. The molecule has 108 valence electrons. The van der Waals surface area contributed by atoms with E-state index in [2.05, 4.69) is 10.4 Å². The normalized spacial score (nSPS) is 11.2. The fourth-order valence-corrected chi connectivity index (χ4v) is 2.40. The molecule has 1 N–H and O–H groups in total. The molecule has 0 amide bonds. The van der Waals surface area contributed by atoms with Gasteiger partial charge in [-0.05, 0) is 12.1 Å². The molecule has 0 aliphatic carbocycles. The van der Waals surface area contributed by atoms with Gasteiger partial charge in [0.15, 0.2) is 0 Å². The molecule has 5 heteroatoms. The van der Waals surface area contributed by atoms with Gasteiger partial charge in [0, 0.05) is 37.2 Å². The number of hydrogen-bond donors (Lipinski definition) is 1. The van der Waals surface area contributed by atoms with Crippen molar-refractivity contribution in [3.05, 3.63) is 65.4 Å². The first-order chi connectivity index (χ1) is 10.1. The van der Waals surface area contributed by atoms with Gasteiger partial charge in [0.25, 0.3) is 0 Å². The van der Waals surface area contributed by atoms with Crippen LogP contribution in [0.3, 0.4) is 0 Å². The molecule has 0 radical (unpaired) electrons. The monoisotopic (exact) mass is 287 g/mol. The highest BCUT2D eigenvalue weighted by molar-refractivity contribution is 5.81. The van der Waals surface area contributed by atoms with Crippen LogP contribution in [0, 0.1) is 11.6 Å². The van der Waals surface area contributed by atoms with E-state index in [-0.39, 0.29) is 0 Å². The third kappa shape index (κ3) is 2.78. The van der Waals surface area contributed by atoms with Crippen LogP contribution in [0.4, 0.5) is 8.78 Å². The Balaban J connectivity index is 1.72. The van der Waals surface area contributed by atoms with E-state index in [1.165, 1.54) is 12.1 Å². The highest BCUT2D eigenvalue weighted by Gasteiger charge is 2.08. The number of fused-ring (bicyclic) bond motifs is 1. The van der Waals surface area contributed by atoms with E-state index in [0.717, 1.165) is 22.7 Å². The Hall–Kier alpha value is -2.27. The average Bonchev–Trinajstić information content (AvgIpc) is 2.79. The summed E-state index contributed by atoms with van der Waals surface area (Å²) in [5, 5.41) is 8.68. The zero-order valence-electron chi connectivity index (χ0n) is 11.6. The van der Waals surface area contributed by atoms with Gasteiger partial charge in [0.1, 0.15) is 11.6 Å². The number of halogens is 2. The van der Waals surface area contributed by atoms with Crippen molar-refractivity contribution in [3.63, 3.8) is 0 Å². The smallest absolute Gasteiger partial charge is 0.130 e. The van der Waals surface area contributed by atoms with Crippen molar-refractivity contribution in [2.45, 2.75) is 13.1 Å². The Bertz CT molecular complexity index is 780. The molecule has 0 aliphatic rings. The van der Waals surface area contributed by atoms with E-state index in [1.54, 1.807) is 0 Å². The molecule has 0 bridgehead atoms. The number of para-hydroxylation sites is 1. The van der Waals surface area contributed by atoms with Crippen molar-refractivity contribution >= 4 is 10.9 Å². The maximum atomic E-state index is 13.5. The topological polar surface area (TPSA) is 29.9 Å². The Morgan fingerprint density at radius 1 is 1.10 bits per heavy atom. The molecular weight excluding hydrogens is 272 g/mol. The van der Waals surface area contributed by atoms with E-state index in [4.69, 9.17) is 0 Å². The zero-order chi connectivity index (χ0) is 14.8. The second-order valence-corrected chi connectivity index (χ2v) is 4.93. The van der Waals surface area contributed by atoms with Crippen LogP contribution < -0.4 is 5.32 Å². The molecule has 0 saturated carbocycles. The van der Waals surface area contributed by atoms with Gasteiger partial charge in [0.05, 0.1) is 11.2 Å². The first-order valence-corrected chi connectivity index (χ1v) is 6.70. The van der Waals surface area contributed by atoms with Gasteiger partial charge in [-0.2, -0.15) is 5.10 Å². The summed E-state index contributed by atoms with van der Waals surface area (Å²) in [5.41, 5.74) is 2.41. The lowest BCUT2D eigenvalue weighted by molar-refractivity contribution is 0.558. The number of rotatable bonds is 4. The van der Waals surface area contributed by atoms with E-state index < -0.39 is 11.6 Å². The van der Waals surface area contributed by atoms with Crippen molar-refractivity contribution < 1.29 is 8.78 Å². The minimum Gasteiger partial charge on any atom is -0.307 e. The number of benzene rings is 2. The highest BCUT2D eigenvalue weighted by Crippen LogP contribution is 2.17. The van der Waals surface area contributed by atoms with Gasteiger partial charge in [-0.1, -0.05) is 24.3 Å². The van der Waals surface area contributed by atoms with Crippen LogP contribution in [0.15, 0.2) is 42.5 Å². The van der Waals surface area contributed by atoms with Crippen molar-refractivity contribution in [1.29, 1.82) is 0 Å². The second-order valence-electron chi connectivity index (χ2n) is 4.93. The fraction of sp³-hybridized carbons (Fsp3) is 0.188. The largest absolute Gasteiger partial charge is 0.307 e. The predicted octanol–water partition coefficient (Wildman–Crippen LogP) is 3.14. The average molecular weight is 287 g/mol. The quantitative estimate of drug-likeness (QED) is 0.799. The van der Waals surface area contributed by atoms with Crippen LogP contribution in [0.25, 0.3) is 10.9 Å². The van der Waals surface area contributed by atoms with E-state index in [1.807, 2.05) is 36.0 Å². The molecule has 0 spiro atoms. The molecule has 3 rings (SSSR count). The summed E-state index contributed by atoms with van der Waals surface area (Å²) >= 11 is 0. The molecule has 3 aromatic rings. The van der Waals surface area contributed by atoms with Crippen LogP contribution in [-0.2, 0) is 20.1 Å². The molecule has 0 atom stereocenters. The molecule has 3 nitrogen and oxygen atoms in total. The van der Waals surface area contributed by atoms with E-state index in [0.29, 0.717) is 18.7 Å².